The number of nitrogens with zero attached hydrogens (tertiary/aromatic N) is 1. The van der Waals surface area contributed by atoms with Crippen LogP contribution in [0.2, 0.25) is 18.1 Å². The van der Waals surface area contributed by atoms with E-state index in [-0.39, 0.29) is 35.2 Å². The van der Waals surface area contributed by atoms with Crippen LogP contribution in [0.1, 0.15) is 112 Å². The van der Waals surface area contributed by atoms with E-state index in [4.69, 9.17) is 13.9 Å². The van der Waals surface area contributed by atoms with Crippen molar-refractivity contribution in [3.05, 3.63) is 33.3 Å². The molecule has 0 aliphatic rings. The quantitative estimate of drug-likeness (QED) is 0.0934. The highest BCUT2D eigenvalue weighted by Crippen LogP contribution is 2.42. The fraction of sp³-hybridized carbons (Fsp3) is 0.722. The molecule has 5 atom stereocenters. The summed E-state index contributed by atoms with van der Waals surface area (Å²) in [5.41, 5.74) is 1.97. The van der Waals surface area contributed by atoms with Crippen molar-refractivity contribution in [3.63, 3.8) is 0 Å². The van der Waals surface area contributed by atoms with Crippen LogP contribution in [0.4, 0.5) is 0 Å². The molecule has 46 heavy (non-hydrogen) atoms. The number of aromatic nitrogens is 1. The zero-order valence-electron chi connectivity index (χ0n) is 30.9. The fourth-order valence-electron chi connectivity index (χ4n) is 5.19. The number of methoxy groups -OCH3 is 1. The van der Waals surface area contributed by atoms with Gasteiger partial charge in [0.2, 0.25) is 0 Å². The fourth-order valence-corrected chi connectivity index (χ4v) is 7.20. The maximum absolute atomic E-state index is 13.9. The van der Waals surface area contributed by atoms with Crippen LogP contribution in [0.5, 0.6) is 0 Å². The molecule has 0 spiro atoms. The minimum atomic E-state index is -2.32. The summed E-state index contributed by atoms with van der Waals surface area (Å²) in [6, 6.07) is 0. The molecular formula is C36H61NO7SSi. The Balaban J connectivity index is 2.89. The number of thiazole rings is 1. The Bertz CT molecular complexity index is 1230. The van der Waals surface area contributed by atoms with E-state index in [0.29, 0.717) is 6.42 Å². The summed E-state index contributed by atoms with van der Waals surface area (Å²) in [6.45, 7) is 25.3. The topological polar surface area (TPSA) is 112 Å². The van der Waals surface area contributed by atoms with Crippen molar-refractivity contribution in [3.8, 4) is 0 Å². The van der Waals surface area contributed by atoms with Crippen LogP contribution in [0, 0.1) is 24.2 Å². The highest BCUT2D eigenvalue weighted by molar-refractivity contribution is 7.09. The van der Waals surface area contributed by atoms with E-state index in [2.05, 4.69) is 51.8 Å². The lowest BCUT2D eigenvalue weighted by Crippen LogP contribution is -2.52. The Labute approximate surface area is 283 Å². The zero-order valence-corrected chi connectivity index (χ0v) is 32.7. The number of ketones is 1. The molecule has 0 bridgehead atoms. The van der Waals surface area contributed by atoms with Gasteiger partial charge in [-0.1, -0.05) is 60.1 Å². The van der Waals surface area contributed by atoms with Gasteiger partial charge < -0.3 is 19.0 Å². The molecule has 0 saturated carbocycles. The molecule has 1 aromatic rings. The van der Waals surface area contributed by atoms with Gasteiger partial charge in [-0.15, -0.1) is 11.3 Å². The van der Waals surface area contributed by atoms with Crippen LogP contribution in [0.15, 0.2) is 22.6 Å². The number of hydrogen-bond acceptors (Lipinski definition) is 9. The average Bonchev–Trinajstić information content (AvgIpc) is 3.36. The molecule has 262 valence electrons. The van der Waals surface area contributed by atoms with E-state index < -0.39 is 37.8 Å². The molecule has 10 heteroatoms. The molecule has 1 aromatic heterocycles. The SMILES string of the molecule is COC(=O)CC(O[Si](C)(C)C(C)(C)C)C(C)(C)C(=O)C(C)C(O)C(C)CCCC(C)=CCC(OC(C)=O)C(C)=Cc1csc(C)n1. The van der Waals surface area contributed by atoms with Gasteiger partial charge in [0.1, 0.15) is 11.9 Å². The molecule has 0 aliphatic carbocycles. The third kappa shape index (κ3) is 12.8. The lowest BCUT2D eigenvalue weighted by Gasteiger charge is -2.44. The van der Waals surface area contributed by atoms with Crippen molar-refractivity contribution in [2.75, 3.05) is 7.11 Å². The molecule has 0 radical (unpaired) electrons. The Kier molecular flexibility index (Phi) is 16.3. The van der Waals surface area contributed by atoms with Gasteiger partial charge in [0.15, 0.2) is 8.32 Å². The molecule has 0 aliphatic heterocycles. The molecular weight excluding hydrogens is 619 g/mol. The molecule has 1 heterocycles. The molecule has 0 aromatic carbocycles. The molecule has 5 unspecified atom stereocenters. The highest BCUT2D eigenvalue weighted by Gasteiger charge is 2.48. The van der Waals surface area contributed by atoms with E-state index in [0.717, 1.165) is 35.5 Å². The number of ether oxygens (including phenoxy) is 2. The Morgan fingerprint density at radius 3 is 2.20 bits per heavy atom. The second kappa shape index (κ2) is 17.9. The van der Waals surface area contributed by atoms with E-state index in [1.165, 1.54) is 19.6 Å². The number of carbonyl (C=O) groups is 3. The molecule has 8 nitrogen and oxygen atoms in total. The summed E-state index contributed by atoms with van der Waals surface area (Å²) in [4.78, 5) is 42.5. The first-order valence-corrected chi connectivity index (χ1v) is 20.2. The second-order valence-corrected chi connectivity index (χ2v) is 20.8. The highest BCUT2D eigenvalue weighted by atomic mass is 32.1. The van der Waals surface area contributed by atoms with E-state index >= 15 is 0 Å². The number of esters is 2. The van der Waals surface area contributed by atoms with Crippen LogP contribution in [-0.4, -0.2) is 61.6 Å². The molecule has 0 saturated heterocycles. The van der Waals surface area contributed by atoms with Crippen molar-refractivity contribution in [2.24, 2.45) is 17.3 Å². The van der Waals surface area contributed by atoms with Crippen LogP contribution >= 0.6 is 11.3 Å². The largest absolute Gasteiger partial charge is 0.469 e. The molecule has 1 N–H and O–H groups in total. The Hall–Kier alpha value is -2.14. The Morgan fingerprint density at radius 2 is 1.70 bits per heavy atom. The summed E-state index contributed by atoms with van der Waals surface area (Å²) in [6.07, 6.45) is 5.16. The van der Waals surface area contributed by atoms with Crippen LogP contribution in [0.3, 0.4) is 0 Å². The lowest BCUT2D eigenvalue weighted by molar-refractivity contribution is -0.149. The number of Topliss-reactive ketones (excluding diaryl/α,β-unsaturated/α-hetero) is 1. The van der Waals surface area contributed by atoms with Crippen LogP contribution < -0.4 is 0 Å². The number of aryl methyl sites for hydroxylation is 1. The van der Waals surface area contributed by atoms with Gasteiger partial charge in [-0.3, -0.25) is 14.4 Å². The Morgan fingerprint density at radius 1 is 1.09 bits per heavy atom. The third-order valence-electron chi connectivity index (χ3n) is 9.51. The minimum absolute atomic E-state index is 0.0239. The number of aliphatic hydroxyl groups excluding tert-OH is 1. The van der Waals surface area contributed by atoms with E-state index in [9.17, 15) is 19.5 Å². The van der Waals surface area contributed by atoms with Crippen molar-refractivity contribution in [2.45, 2.75) is 145 Å². The van der Waals surface area contributed by atoms with Gasteiger partial charge in [-0.2, -0.15) is 0 Å². The monoisotopic (exact) mass is 679 g/mol. The standard InChI is InChI=1S/C36H61NO7SSi/c1-23(18-19-30(43-28(6)38)25(3)20-29-22-45-27(5)37-29)16-15-17-24(2)33(40)26(4)34(41)36(10,11)31(21-32(39)42-12)44-46(13,14)35(7,8)9/h18,20,22,24,26,30-31,33,40H,15-17,19,21H2,1-14H3. The van der Waals surface area contributed by atoms with Crippen LogP contribution in [0.25, 0.3) is 6.08 Å². The summed E-state index contributed by atoms with van der Waals surface area (Å²) in [7, 11) is -0.979. The van der Waals surface area contributed by atoms with Crippen molar-refractivity contribution >= 4 is 43.5 Å². The molecule has 1 rings (SSSR count). The van der Waals surface area contributed by atoms with Gasteiger partial charge in [-0.25, -0.2) is 4.98 Å². The average molecular weight is 680 g/mol. The first-order chi connectivity index (χ1) is 21.0. The predicted molar refractivity (Wildman–Crippen MR) is 190 cm³/mol. The number of rotatable bonds is 18. The van der Waals surface area contributed by atoms with Crippen LogP contribution in [-0.2, 0) is 28.3 Å². The summed E-state index contributed by atoms with van der Waals surface area (Å²) >= 11 is 1.58. The van der Waals surface area contributed by atoms with Crippen molar-refractivity contribution in [1.82, 2.24) is 4.98 Å². The van der Waals surface area contributed by atoms with Gasteiger partial charge in [0.05, 0.1) is 36.4 Å². The van der Waals surface area contributed by atoms with Gasteiger partial charge in [0, 0.05) is 30.1 Å². The first kappa shape index (κ1) is 41.9. The third-order valence-corrected chi connectivity index (χ3v) is 14.8. The van der Waals surface area contributed by atoms with Crippen molar-refractivity contribution < 1.29 is 33.4 Å². The lowest BCUT2D eigenvalue weighted by atomic mass is 9.73. The number of hydrogen-bond donors (Lipinski definition) is 1. The zero-order chi connectivity index (χ0) is 35.6. The second-order valence-electron chi connectivity index (χ2n) is 14.9. The normalized spacial score (nSPS) is 16.8. The smallest absolute Gasteiger partial charge is 0.308 e. The number of aliphatic hydroxyl groups is 1. The van der Waals surface area contributed by atoms with Crippen molar-refractivity contribution in [1.29, 1.82) is 0 Å². The first-order valence-electron chi connectivity index (χ1n) is 16.4. The summed E-state index contributed by atoms with van der Waals surface area (Å²) in [5.74, 6) is -1.61. The maximum Gasteiger partial charge on any atom is 0.308 e. The van der Waals surface area contributed by atoms with Gasteiger partial charge >= 0.3 is 11.9 Å². The predicted octanol–water partition coefficient (Wildman–Crippen LogP) is 8.48. The molecule has 0 amide bonds. The van der Waals surface area contributed by atoms with Gasteiger partial charge in [0.25, 0.3) is 0 Å². The van der Waals surface area contributed by atoms with E-state index in [1.807, 2.05) is 46.1 Å². The summed E-state index contributed by atoms with van der Waals surface area (Å²) < 4.78 is 17.2. The number of carbonyl (C=O) groups excluding carboxylic acids is 3. The minimum Gasteiger partial charge on any atom is -0.469 e. The molecule has 0 fully saturated rings. The maximum atomic E-state index is 13.9. The van der Waals surface area contributed by atoms with E-state index in [1.54, 1.807) is 18.3 Å². The summed E-state index contributed by atoms with van der Waals surface area (Å²) in [5, 5.41) is 14.1. The number of allylic oxidation sites excluding steroid dienone is 1. The van der Waals surface area contributed by atoms with Gasteiger partial charge in [-0.05, 0) is 75.7 Å².